The second-order valence-corrected chi connectivity index (χ2v) is 9.38. The summed E-state index contributed by atoms with van der Waals surface area (Å²) in [6.07, 6.45) is 1.74. The summed E-state index contributed by atoms with van der Waals surface area (Å²) in [7, 11) is 0. The summed E-state index contributed by atoms with van der Waals surface area (Å²) < 4.78 is 10.8. The smallest absolute Gasteiger partial charge is 0.243 e. The zero-order valence-corrected chi connectivity index (χ0v) is 21.4. The van der Waals surface area contributed by atoms with Crippen molar-refractivity contribution in [1.82, 2.24) is 15.6 Å². The van der Waals surface area contributed by atoms with E-state index in [0.29, 0.717) is 34.0 Å². The molecule has 40 heavy (non-hydrogen) atoms. The van der Waals surface area contributed by atoms with E-state index >= 15 is 0 Å². The van der Waals surface area contributed by atoms with Gasteiger partial charge >= 0.3 is 0 Å². The van der Waals surface area contributed by atoms with E-state index < -0.39 is 23.8 Å². The van der Waals surface area contributed by atoms with Gasteiger partial charge in [-0.2, -0.15) is 0 Å². The Balaban J connectivity index is 1.39. The van der Waals surface area contributed by atoms with Crippen LogP contribution in [0.25, 0.3) is 0 Å². The van der Waals surface area contributed by atoms with Crippen LogP contribution in [0.4, 0.5) is 5.82 Å². The average molecular weight is 541 g/mol. The molecule has 1 atom stereocenters. The van der Waals surface area contributed by atoms with Gasteiger partial charge in [0.15, 0.2) is 11.5 Å². The lowest BCUT2D eigenvalue weighted by Crippen LogP contribution is -2.49. The number of carbonyl (C=O) groups excluding carboxylic acids is 2. The van der Waals surface area contributed by atoms with Gasteiger partial charge in [-0.1, -0.05) is 36.4 Å². The Hall–Kier alpha value is -5.25. The van der Waals surface area contributed by atoms with Crippen molar-refractivity contribution in [3.8, 4) is 23.0 Å². The van der Waals surface area contributed by atoms with Gasteiger partial charge in [-0.3, -0.25) is 9.59 Å². The molecule has 2 heterocycles. The van der Waals surface area contributed by atoms with Crippen LogP contribution < -0.4 is 25.8 Å². The molecule has 0 spiro atoms. The van der Waals surface area contributed by atoms with Crippen molar-refractivity contribution >= 4 is 17.6 Å². The van der Waals surface area contributed by atoms with Crippen LogP contribution in [0, 0.1) is 0 Å². The topological polar surface area (TPSA) is 156 Å². The molecule has 10 nitrogen and oxygen atoms in total. The molecule has 6 N–H and O–H groups in total. The van der Waals surface area contributed by atoms with Crippen molar-refractivity contribution in [2.75, 3.05) is 12.5 Å². The second-order valence-electron chi connectivity index (χ2n) is 9.38. The summed E-state index contributed by atoms with van der Waals surface area (Å²) in [6, 6.07) is 20.4. The maximum absolute atomic E-state index is 13.8. The lowest BCUT2D eigenvalue weighted by molar-refractivity contribution is -0.129. The predicted octanol–water partition coefficient (Wildman–Crippen LogP) is 2.98. The highest BCUT2D eigenvalue weighted by Gasteiger charge is 2.28. The predicted molar refractivity (Wildman–Crippen MR) is 147 cm³/mol. The van der Waals surface area contributed by atoms with E-state index in [0.717, 1.165) is 5.56 Å². The number of hydrogen-bond acceptors (Lipinski definition) is 8. The van der Waals surface area contributed by atoms with Gasteiger partial charge < -0.3 is 36.1 Å². The number of anilines is 1. The van der Waals surface area contributed by atoms with Crippen LogP contribution in [0.5, 0.6) is 23.0 Å². The molecule has 204 valence electrons. The van der Waals surface area contributed by atoms with Crippen molar-refractivity contribution in [3.05, 3.63) is 107 Å². The highest BCUT2D eigenvalue weighted by molar-refractivity contribution is 5.92. The normalized spacial score (nSPS) is 12.6. The molecular weight excluding hydrogens is 512 g/mol. The third-order valence-corrected chi connectivity index (χ3v) is 6.54. The van der Waals surface area contributed by atoms with E-state index in [-0.39, 0.29) is 31.3 Å². The van der Waals surface area contributed by atoms with E-state index in [9.17, 15) is 19.8 Å². The SMILES string of the molecule is Nc1ccc(CC(NC(=O)C(c2ccc(O)cc2)c2ccc(O)cc2)C(=O)NCc2ccc3c(c2)OCO3)cn1. The quantitative estimate of drug-likeness (QED) is 0.217. The monoisotopic (exact) mass is 540 g/mol. The van der Waals surface area contributed by atoms with Gasteiger partial charge in [-0.05, 0) is 64.7 Å². The number of fused-ring (bicyclic) bond motifs is 1. The number of amides is 2. The Bertz CT molecular complexity index is 1450. The maximum Gasteiger partial charge on any atom is 0.243 e. The number of ether oxygens (including phenoxy) is 2. The Kier molecular flexibility index (Phi) is 7.68. The molecule has 2 amide bonds. The third-order valence-electron chi connectivity index (χ3n) is 6.54. The summed E-state index contributed by atoms with van der Waals surface area (Å²) in [5.41, 5.74) is 8.46. The van der Waals surface area contributed by atoms with Gasteiger partial charge in [-0.25, -0.2) is 4.98 Å². The van der Waals surface area contributed by atoms with Gasteiger partial charge in [0.25, 0.3) is 0 Å². The number of nitrogens with zero attached hydrogens (tertiary/aromatic N) is 1. The van der Waals surface area contributed by atoms with Crippen LogP contribution in [0.2, 0.25) is 0 Å². The Morgan fingerprint density at radius 2 is 1.45 bits per heavy atom. The first-order valence-electron chi connectivity index (χ1n) is 12.6. The minimum Gasteiger partial charge on any atom is -0.508 e. The number of aromatic hydroxyl groups is 2. The van der Waals surface area contributed by atoms with Gasteiger partial charge in [0.05, 0.1) is 5.92 Å². The molecule has 0 saturated carbocycles. The van der Waals surface area contributed by atoms with Crippen LogP contribution in [-0.2, 0) is 22.6 Å². The van der Waals surface area contributed by atoms with Crippen LogP contribution in [-0.4, -0.2) is 39.8 Å². The van der Waals surface area contributed by atoms with E-state index in [1.54, 1.807) is 54.7 Å². The van der Waals surface area contributed by atoms with Crippen molar-refractivity contribution in [1.29, 1.82) is 0 Å². The van der Waals surface area contributed by atoms with Gasteiger partial charge in [0.2, 0.25) is 18.6 Å². The molecule has 0 bridgehead atoms. The molecule has 0 radical (unpaired) electrons. The van der Waals surface area contributed by atoms with Crippen LogP contribution in [0.1, 0.15) is 28.2 Å². The number of phenolic OH excluding ortho intramolecular Hbond substituents is 2. The molecular formula is C30H28N4O6. The van der Waals surface area contributed by atoms with Crippen LogP contribution in [0.15, 0.2) is 85.1 Å². The molecule has 1 aromatic heterocycles. The Morgan fingerprint density at radius 3 is 2.08 bits per heavy atom. The maximum atomic E-state index is 13.8. The fourth-order valence-electron chi connectivity index (χ4n) is 4.45. The summed E-state index contributed by atoms with van der Waals surface area (Å²) in [5.74, 6) is 0.0865. The fourth-order valence-corrected chi connectivity index (χ4v) is 4.45. The minimum atomic E-state index is -0.941. The first-order chi connectivity index (χ1) is 19.4. The summed E-state index contributed by atoms with van der Waals surface area (Å²) in [4.78, 5) is 31.3. The highest BCUT2D eigenvalue weighted by Crippen LogP contribution is 2.32. The number of nitrogens with two attached hydrogens (primary N) is 1. The second kappa shape index (κ2) is 11.6. The molecule has 10 heteroatoms. The summed E-state index contributed by atoms with van der Waals surface area (Å²) in [5, 5.41) is 25.4. The molecule has 1 aliphatic rings. The fraction of sp³-hybridized carbons (Fsp3) is 0.167. The number of carbonyl (C=O) groups is 2. The Morgan fingerprint density at radius 1 is 0.825 bits per heavy atom. The number of hydrogen-bond donors (Lipinski definition) is 5. The van der Waals surface area contributed by atoms with E-state index in [2.05, 4.69) is 15.6 Å². The third kappa shape index (κ3) is 6.24. The van der Waals surface area contributed by atoms with Crippen molar-refractivity contribution in [2.45, 2.75) is 24.9 Å². The van der Waals surface area contributed by atoms with Crippen molar-refractivity contribution < 1.29 is 29.3 Å². The molecule has 5 rings (SSSR count). The molecule has 4 aromatic rings. The van der Waals surface area contributed by atoms with Gasteiger partial charge in [0.1, 0.15) is 23.4 Å². The molecule has 0 aliphatic carbocycles. The highest BCUT2D eigenvalue weighted by atomic mass is 16.7. The molecule has 3 aromatic carbocycles. The van der Waals surface area contributed by atoms with Crippen LogP contribution >= 0.6 is 0 Å². The summed E-state index contributed by atoms with van der Waals surface area (Å²) >= 11 is 0. The first kappa shape index (κ1) is 26.4. The number of rotatable bonds is 9. The zero-order valence-electron chi connectivity index (χ0n) is 21.4. The average Bonchev–Trinajstić information content (AvgIpc) is 3.43. The van der Waals surface area contributed by atoms with Crippen LogP contribution in [0.3, 0.4) is 0 Å². The van der Waals surface area contributed by atoms with Crippen molar-refractivity contribution in [2.24, 2.45) is 0 Å². The minimum absolute atomic E-state index is 0.0604. The zero-order chi connectivity index (χ0) is 28.1. The number of pyridine rings is 1. The number of aromatic nitrogens is 1. The molecule has 1 unspecified atom stereocenters. The first-order valence-corrected chi connectivity index (χ1v) is 12.6. The van der Waals surface area contributed by atoms with E-state index in [1.807, 2.05) is 6.07 Å². The number of phenols is 2. The lowest BCUT2D eigenvalue weighted by atomic mass is 9.89. The number of nitrogen functional groups attached to an aromatic ring is 1. The molecule has 0 fully saturated rings. The Labute approximate surface area is 230 Å². The van der Waals surface area contributed by atoms with E-state index in [4.69, 9.17) is 15.2 Å². The van der Waals surface area contributed by atoms with Gasteiger partial charge in [-0.15, -0.1) is 0 Å². The van der Waals surface area contributed by atoms with Gasteiger partial charge in [0, 0.05) is 19.2 Å². The lowest BCUT2D eigenvalue weighted by Gasteiger charge is -2.23. The van der Waals surface area contributed by atoms with E-state index in [1.165, 1.54) is 24.3 Å². The molecule has 1 aliphatic heterocycles. The summed E-state index contributed by atoms with van der Waals surface area (Å²) in [6.45, 7) is 0.360. The standard InChI is InChI=1S/C30H28N4O6/c31-27-12-2-18(15-32-27)13-24(29(37)33-16-19-1-11-25-26(14-19)40-17-39-25)34-30(38)28(20-3-7-22(35)8-4-20)21-5-9-23(36)10-6-21/h1-12,14-15,24,28,35-36H,13,16-17H2,(H2,31,32)(H,33,37)(H,34,38). The number of nitrogens with one attached hydrogen (secondary N) is 2. The largest absolute Gasteiger partial charge is 0.508 e. The molecule has 0 saturated heterocycles. The van der Waals surface area contributed by atoms with Crippen molar-refractivity contribution in [3.63, 3.8) is 0 Å². The number of benzene rings is 3.